The maximum absolute atomic E-state index is 11.7. The average molecular weight is 299 g/mol. The Morgan fingerprint density at radius 2 is 1.70 bits per heavy atom. The largest absolute Gasteiger partial charge is 0.481 e. The molecule has 0 spiro atoms. The van der Waals surface area contributed by atoms with Gasteiger partial charge in [0.15, 0.2) is 0 Å². The quantitative estimate of drug-likeness (QED) is 0.675. The predicted molar refractivity (Wildman–Crippen MR) is 70.6 cm³/mol. The highest BCUT2D eigenvalue weighted by Crippen LogP contribution is 2.11. The van der Waals surface area contributed by atoms with Crippen LogP contribution in [-0.4, -0.2) is 37.1 Å². The zero-order chi connectivity index (χ0) is 15.2. The highest BCUT2D eigenvalue weighted by atomic mass is 32.2. The second-order valence-electron chi connectivity index (χ2n) is 3.79. The number of hydrogen-bond acceptors (Lipinski definition) is 4. The summed E-state index contributed by atoms with van der Waals surface area (Å²) in [4.78, 5) is 20.6. The van der Waals surface area contributed by atoms with Crippen LogP contribution in [0.3, 0.4) is 0 Å². The third-order valence-electron chi connectivity index (χ3n) is 2.21. The molecule has 0 saturated carbocycles. The fourth-order valence-corrected chi connectivity index (χ4v) is 2.27. The second kappa shape index (κ2) is 6.83. The summed E-state index contributed by atoms with van der Waals surface area (Å²) in [6, 6.07) is 5.61. The first-order valence-electron chi connectivity index (χ1n) is 5.51. The molecular weight excluding hydrogens is 286 g/mol. The standard InChI is InChI=1S/C12H13NO6S/c14-11(15)3-1-2-9-4-6-10(7-5-9)20(18,19)13-8-12(16)17/h1-2,4-7,13H,3,8H2,(H,14,15)(H,16,17). The molecule has 0 aliphatic heterocycles. The van der Waals surface area contributed by atoms with Crippen molar-refractivity contribution in [3.63, 3.8) is 0 Å². The third-order valence-corrected chi connectivity index (χ3v) is 3.62. The van der Waals surface area contributed by atoms with Gasteiger partial charge >= 0.3 is 11.9 Å². The number of carboxylic acids is 2. The van der Waals surface area contributed by atoms with Gasteiger partial charge in [-0.15, -0.1) is 0 Å². The van der Waals surface area contributed by atoms with Gasteiger partial charge in [0.05, 0.1) is 11.3 Å². The summed E-state index contributed by atoms with van der Waals surface area (Å²) in [5.74, 6) is -2.24. The molecular formula is C12H13NO6S. The van der Waals surface area contributed by atoms with E-state index in [9.17, 15) is 18.0 Å². The fraction of sp³-hybridized carbons (Fsp3) is 0.167. The van der Waals surface area contributed by atoms with Gasteiger partial charge in [-0.2, -0.15) is 4.72 Å². The summed E-state index contributed by atoms with van der Waals surface area (Å²) >= 11 is 0. The Morgan fingerprint density at radius 3 is 2.20 bits per heavy atom. The summed E-state index contributed by atoms with van der Waals surface area (Å²) in [5.41, 5.74) is 0.642. The van der Waals surface area contributed by atoms with Crippen molar-refractivity contribution < 1.29 is 28.2 Å². The van der Waals surface area contributed by atoms with Crippen LogP contribution in [0.2, 0.25) is 0 Å². The van der Waals surface area contributed by atoms with Crippen LogP contribution in [0.4, 0.5) is 0 Å². The van der Waals surface area contributed by atoms with Crippen LogP contribution in [0, 0.1) is 0 Å². The van der Waals surface area contributed by atoms with Crippen LogP contribution >= 0.6 is 0 Å². The molecule has 0 unspecified atom stereocenters. The highest BCUT2D eigenvalue weighted by Gasteiger charge is 2.14. The molecule has 8 heteroatoms. The van der Waals surface area contributed by atoms with Crippen LogP contribution < -0.4 is 4.72 Å². The molecule has 0 fully saturated rings. The Morgan fingerprint density at radius 1 is 1.10 bits per heavy atom. The summed E-state index contributed by atoms with van der Waals surface area (Å²) in [5, 5.41) is 16.9. The van der Waals surface area contributed by atoms with E-state index < -0.39 is 28.5 Å². The van der Waals surface area contributed by atoms with Crippen molar-refractivity contribution >= 4 is 28.0 Å². The third kappa shape index (κ3) is 5.21. The first-order valence-corrected chi connectivity index (χ1v) is 6.99. The number of aliphatic carboxylic acids is 2. The minimum atomic E-state index is -3.86. The number of sulfonamides is 1. The molecule has 0 bridgehead atoms. The van der Waals surface area contributed by atoms with E-state index >= 15 is 0 Å². The highest BCUT2D eigenvalue weighted by molar-refractivity contribution is 7.89. The van der Waals surface area contributed by atoms with E-state index in [2.05, 4.69) is 0 Å². The van der Waals surface area contributed by atoms with Crippen LogP contribution in [0.1, 0.15) is 12.0 Å². The van der Waals surface area contributed by atoms with Gasteiger partial charge in [-0.3, -0.25) is 9.59 Å². The molecule has 0 radical (unpaired) electrons. The summed E-state index contributed by atoms with van der Waals surface area (Å²) in [7, 11) is -3.86. The van der Waals surface area contributed by atoms with E-state index in [0.717, 1.165) is 0 Å². The van der Waals surface area contributed by atoms with Crippen molar-refractivity contribution in [2.24, 2.45) is 0 Å². The first-order chi connectivity index (χ1) is 9.31. The lowest BCUT2D eigenvalue weighted by Gasteiger charge is -2.04. The Balaban J connectivity index is 2.77. The Labute approximate surface area is 115 Å². The number of benzene rings is 1. The summed E-state index contributed by atoms with van der Waals surface area (Å²) < 4.78 is 25.3. The molecule has 0 saturated heterocycles. The summed E-state index contributed by atoms with van der Waals surface area (Å²) in [6.07, 6.45) is 2.87. The lowest BCUT2D eigenvalue weighted by Crippen LogP contribution is -2.29. The van der Waals surface area contributed by atoms with E-state index in [-0.39, 0.29) is 11.3 Å². The topological polar surface area (TPSA) is 121 Å². The molecule has 1 aromatic carbocycles. The monoisotopic (exact) mass is 299 g/mol. The summed E-state index contributed by atoms with van der Waals surface area (Å²) in [6.45, 7) is -0.692. The minimum absolute atomic E-state index is 0.0610. The van der Waals surface area contributed by atoms with Gasteiger partial charge in [-0.1, -0.05) is 24.3 Å². The molecule has 0 amide bonds. The van der Waals surface area contributed by atoms with Gasteiger partial charge in [0.2, 0.25) is 10.0 Å². The molecule has 0 atom stereocenters. The molecule has 7 nitrogen and oxygen atoms in total. The number of carboxylic acid groups (broad SMARTS) is 2. The van der Waals surface area contributed by atoms with Gasteiger partial charge in [-0.25, -0.2) is 8.42 Å². The zero-order valence-corrected chi connectivity index (χ0v) is 11.1. The Kier molecular flexibility index (Phi) is 5.42. The van der Waals surface area contributed by atoms with E-state index in [1.165, 1.54) is 30.3 Å². The van der Waals surface area contributed by atoms with Crippen molar-refractivity contribution in [3.8, 4) is 0 Å². The predicted octanol–water partition coefficient (Wildman–Crippen LogP) is 0.537. The van der Waals surface area contributed by atoms with Gasteiger partial charge < -0.3 is 10.2 Å². The fourth-order valence-electron chi connectivity index (χ4n) is 1.29. The maximum Gasteiger partial charge on any atom is 0.318 e. The van der Waals surface area contributed by atoms with Crippen LogP contribution in [-0.2, 0) is 19.6 Å². The smallest absolute Gasteiger partial charge is 0.318 e. The van der Waals surface area contributed by atoms with Gasteiger partial charge in [-0.05, 0) is 17.7 Å². The molecule has 108 valence electrons. The molecule has 0 aromatic heterocycles. The number of nitrogens with one attached hydrogen (secondary N) is 1. The molecule has 0 heterocycles. The SMILES string of the molecule is O=C(O)CC=Cc1ccc(S(=O)(=O)NCC(=O)O)cc1. The molecule has 1 rings (SSSR count). The van der Waals surface area contributed by atoms with Gasteiger partial charge in [0, 0.05) is 0 Å². The number of carbonyl (C=O) groups is 2. The molecule has 1 aromatic rings. The van der Waals surface area contributed by atoms with Crippen molar-refractivity contribution in [3.05, 3.63) is 35.9 Å². The number of rotatable bonds is 7. The Bertz CT molecular complexity index is 618. The molecule has 3 N–H and O–H groups in total. The number of hydrogen-bond donors (Lipinski definition) is 3. The van der Waals surface area contributed by atoms with Crippen molar-refractivity contribution in [2.75, 3.05) is 6.54 Å². The van der Waals surface area contributed by atoms with Gasteiger partial charge in [0.1, 0.15) is 6.54 Å². The Hall–Kier alpha value is -2.19. The van der Waals surface area contributed by atoms with Crippen molar-refractivity contribution in [1.29, 1.82) is 0 Å². The molecule has 20 heavy (non-hydrogen) atoms. The van der Waals surface area contributed by atoms with E-state index in [1.54, 1.807) is 6.08 Å². The second-order valence-corrected chi connectivity index (χ2v) is 5.55. The maximum atomic E-state index is 11.7. The zero-order valence-electron chi connectivity index (χ0n) is 10.3. The minimum Gasteiger partial charge on any atom is -0.481 e. The normalized spacial score (nSPS) is 11.6. The van der Waals surface area contributed by atoms with Crippen LogP contribution in [0.25, 0.3) is 6.08 Å². The molecule has 0 aliphatic carbocycles. The average Bonchev–Trinajstić information content (AvgIpc) is 2.37. The van der Waals surface area contributed by atoms with E-state index in [4.69, 9.17) is 10.2 Å². The van der Waals surface area contributed by atoms with E-state index in [0.29, 0.717) is 5.56 Å². The lowest BCUT2D eigenvalue weighted by atomic mass is 10.2. The van der Waals surface area contributed by atoms with E-state index in [1.807, 2.05) is 4.72 Å². The van der Waals surface area contributed by atoms with Crippen LogP contribution in [0.15, 0.2) is 35.2 Å². The molecule has 0 aliphatic rings. The van der Waals surface area contributed by atoms with Crippen LogP contribution in [0.5, 0.6) is 0 Å². The van der Waals surface area contributed by atoms with Gasteiger partial charge in [0.25, 0.3) is 0 Å². The van der Waals surface area contributed by atoms with Crippen molar-refractivity contribution in [1.82, 2.24) is 4.72 Å². The first kappa shape index (κ1) is 15.9. The van der Waals surface area contributed by atoms with Crippen molar-refractivity contribution in [2.45, 2.75) is 11.3 Å². The lowest BCUT2D eigenvalue weighted by molar-refractivity contribution is -0.136.